The lowest BCUT2D eigenvalue weighted by Crippen LogP contribution is -2.07. The molecule has 3 rings (SSSR count). The summed E-state index contributed by atoms with van der Waals surface area (Å²) < 4.78 is 29.3. The van der Waals surface area contributed by atoms with Crippen molar-refractivity contribution in [3.05, 3.63) is 113 Å². The molecular weight excluding hydrogens is 437 g/mol. The van der Waals surface area contributed by atoms with Crippen molar-refractivity contribution in [1.29, 1.82) is 0 Å². The molecule has 7 heteroatoms. The van der Waals surface area contributed by atoms with Crippen molar-refractivity contribution in [2.75, 3.05) is 14.2 Å². The fourth-order valence-electron chi connectivity index (χ4n) is 3.04. The second-order valence-corrected chi connectivity index (χ2v) is 6.96. The van der Waals surface area contributed by atoms with Crippen molar-refractivity contribution >= 4 is 23.8 Å². The van der Waals surface area contributed by atoms with E-state index in [1.165, 1.54) is 32.8 Å². The molecule has 0 heterocycles. The van der Waals surface area contributed by atoms with E-state index >= 15 is 0 Å². The monoisotopic (exact) mass is 461 g/mol. The summed E-state index contributed by atoms with van der Waals surface area (Å²) in [7, 11) is 2.75. The van der Waals surface area contributed by atoms with Crippen molar-refractivity contribution < 1.29 is 28.2 Å². The Labute approximate surface area is 197 Å². The predicted octanol–water partition coefficient (Wildman–Crippen LogP) is 5.74. The van der Waals surface area contributed by atoms with Gasteiger partial charge >= 0.3 is 5.97 Å². The Kier molecular flexibility index (Phi) is 8.99. The summed E-state index contributed by atoms with van der Waals surface area (Å²) in [5, 5.41) is 3.98. The molecule has 6 nitrogen and oxygen atoms in total. The van der Waals surface area contributed by atoms with Crippen molar-refractivity contribution in [1.82, 2.24) is 0 Å². The van der Waals surface area contributed by atoms with Crippen LogP contribution in [0.1, 0.15) is 22.3 Å². The lowest BCUT2D eigenvalue weighted by Gasteiger charge is -2.10. The van der Waals surface area contributed by atoms with E-state index in [0.717, 1.165) is 5.56 Å². The van der Waals surface area contributed by atoms with E-state index in [1.54, 1.807) is 48.5 Å². The number of methoxy groups -OCH3 is 2. The first-order valence-electron chi connectivity index (χ1n) is 10.4. The average Bonchev–Trinajstić information content (AvgIpc) is 2.86. The van der Waals surface area contributed by atoms with Crippen LogP contribution in [0.25, 0.3) is 11.6 Å². The molecule has 0 N–H and O–H groups in total. The number of hydrogen-bond donors (Lipinski definition) is 0. The number of ether oxygens (including phenoxy) is 3. The van der Waals surface area contributed by atoms with Gasteiger partial charge in [0.1, 0.15) is 17.9 Å². The molecule has 0 saturated carbocycles. The van der Waals surface area contributed by atoms with Gasteiger partial charge < -0.3 is 19.0 Å². The molecule has 0 saturated heterocycles. The largest absolute Gasteiger partial charge is 0.503 e. The van der Waals surface area contributed by atoms with Crippen LogP contribution in [0.15, 0.2) is 96.3 Å². The van der Waals surface area contributed by atoms with E-state index in [9.17, 15) is 9.18 Å². The minimum absolute atomic E-state index is 0.107. The summed E-state index contributed by atoms with van der Waals surface area (Å²) in [6.07, 6.45) is 4.12. The fourth-order valence-corrected chi connectivity index (χ4v) is 3.04. The van der Waals surface area contributed by atoms with E-state index in [2.05, 4.69) is 5.16 Å². The number of halogens is 1. The molecule has 174 valence electrons. The Bertz CT molecular complexity index is 1190. The smallest absolute Gasteiger partial charge is 0.341 e. The zero-order chi connectivity index (χ0) is 24.2. The molecule has 0 spiro atoms. The Balaban J connectivity index is 1.64. The fraction of sp³-hybridized carbons (Fsp3) is 0.111. The number of esters is 1. The molecule has 0 aliphatic heterocycles. The number of hydrogen-bond acceptors (Lipinski definition) is 6. The van der Waals surface area contributed by atoms with E-state index in [1.807, 2.05) is 30.3 Å². The second kappa shape index (κ2) is 12.6. The molecule has 0 fully saturated rings. The van der Waals surface area contributed by atoms with Gasteiger partial charge in [-0.3, -0.25) is 0 Å². The van der Waals surface area contributed by atoms with Gasteiger partial charge in [0.2, 0.25) is 0 Å². The van der Waals surface area contributed by atoms with Gasteiger partial charge in [0.25, 0.3) is 6.01 Å². The van der Waals surface area contributed by atoms with Crippen LogP contribution in [0.5, 0.6) is 5.75 Å². The highest BCUT2D eigenvalue weighted by Crippen LogP contribution is 2.22. The van der Waals surface area contributed by atoms with E-state index < -0.39 is 12.0 Å². The molecule has 0 atom stereocenters. The minimum atomic E-state index is -0.723. The molecule has 0 bridgehead atoms. The minimum Gasteiger partial charge on any atom is -0.503 e. The van der Waals surface area contributed by atoms with Gasteiger partial charge in [-0.2, -0.15) is 4.39 Å². The summed E-state index contributed by atoms with van der Waals surface area (Å²) in [5.74, 6) is -0.199. The standard InChI is InChI=1S/C27H24FNO5/c1-31-19-25(27(30)32-2)24-14-7-6-12-22(24)18-33-29-17-21-11-8-13-23(15-21)34-26(28)16-20-9-4-3-5-10-20/h3-17,19H,18H2,1-2H3/b25-19+,26-16+,29-17+. The molecule has 3 aromatic rings. The molecule has 0 unspecified atom stereocenters. The summed E-state index contributed by atoms with van der Waals surface area (Å²) >= 11 is 0. The molecule has 0 radical (unpaired) electrons. The topological polar surface area (TPSA) is 66.4 Å². The van der Waals surface area contributed by atoms with Gasteiger partial charge in [0, 0.05) is 11.6 Å². The van der Waals surface area contributed by atoms with Crippen molar-refractivity contribution in [3.63, 3.8) is 0 Å². The summed E-state index contributed by atoms with van der Waals surface area (Å²) in [5.41, 5.74) is 2.96. The number of benzene rings is 3. The quantitative estimate of drug-likeness (QED) is 0.127. The molecule has 3 aromatic carbocycles. The van der Waals surface area contributed by atoms with Crippen LogP contribution in [0.2, 0.25) is 0 Å². The summed E-state index contributed by atoms with van der Waals surface area (Å²) in [6, 6.07) is 22.3. The van der Waals surface area contributed by atoms with Gasteiger partial charge in [-0.1, -0.05) is 71.9 Å². The first-order valence-corrected chi connectivity index (χ1v) is 10.4. The third kappa shape index (κ3) is 7.06. The molecular formula is C27H24FNO5. The first kappa shape index (κ1) is 24.3. The number of oxime groups is 1. The Morgan fingerprint density at radius 1 is 0.941 bits per heavy atom. The second-order valence-electron chi connectivity index (χ2n) is 6.96. The highest BCUT2D eigenvalue weighted by atomic mass is 19.1. The van der Waals surface area contributed by atoms with Crippen LogP contribution in [-0.2, 0) is 25.7 Å². The zero-order valence-electron chi connectivity index (χ0n) is 18.8. The summed E-state index contributed by atoms with van der Waals surface area (Å²) in [6.45, 7) is 0.107. The third-order valence-electron chi connectivity index (χ3n) is 4.60. The maximum absolute atomic E-state index is 14.2. The van der Waals surface area contributed by atoms with Crippen LogP contribution in [0, 0.1) is 0 Å². The normalized spacial score (nSPS) is 11.9. The first-order chi connectivity index (χ1) is 16.6. The number of nitrogens with zero attached hydrogens (tertiary/aromatic N) is 1. The summed E-state index contributed by atoms with van der Waals surface area (Å²) in [4.78, 5) is 17.5. The highest BCUT2D eigenvalue weighted by Gasteiger charge is 2.16. The maximum atomic E-state index is 14.2. The Hall–Kier alpha value is -4.39. The predicted molar refractivity (Wildman–Crippen MR) is 128 cm³/mol. The Morgan fingerprint density at radius 3 is 2.44 bits per heavy atom. The Morgan fingerprint density at radius 2 is 1.68 bits per heavy atom. The number of carbonyl (C=O) groups is 1. The average molecular weight is 461 g/mol. The molecule has 34 heavy (non-hydrogen) atoms. The van der Waals surface area contributed by atoms with Gasteiger partial charge in [-0.25, -0.2) is 4.79 Å². The molecule has 0 aliphatic carbocycles. The lowest BCUT2D eigenvalue weighted by molar-refractivity contribution is -0.133. The van der Waals surface area contributed by atoms with Crippen LogP contribution in [0.3, 0.4) is 0 Å². The van der Waals surface area contributed by atoms with Crippen LogP contribution >= 0.6 is 0 Å². The van der Waals surface area contributed by atoms with Crippen molar-refractivity contribution in [2.24, 2.45) is 5.16 Å². The van der Waals surface area contributed by atoms with Crippen LogP contribution in [0.4, 0.5) is 4.39 Å². The zero-order valence-corrected chi connectivity index (χ0v) is 18.8. The molecule has 0 amide bonds. The van der Waals surface area contributed by atoms with E-state index in [-0.39, 0.29) is 12.2 Å². The van der Waals surface area contributed by atoms with Gasteiger partial charge in [-0.15, -0.1) is 0 Å². The van der Waals surface area contributed by atoms with Gasteiger partial charge in [0.15, 0.2) is 0 Å². The van der Waals surface area contributed by atoms with Crippen molar-refractivity contribution in [3.8, 4) is 5.75 Å². The molecule has 0 aliphatic rings. The molecule has 0 aromatic heterocycles. The van der Waals surface area contributed by atoms with Crippen molar-refractivity contribution in [2.45, 2.75) is 6.61 Å². The number of carbonyl (C=O) groups excluding carboxylic acids is 1. The lowest BCUT2D eigenvalue weighted by atomic mass is 10.0. The number of rotatable bonds is 10. The third-order valence-corrected chi connectivity index (χ3v) is 4.60. The van der Waals surface area contributed by atoms with Gasteiger partial charge in [0.05, 0.1) is 26.7 Å². The van der Waals surface area contributed by atoms with E-state index in [0.29, 0.717) is 22.4 Å². The SMILES string of the molecule is CO/C=C(/C(=O)OC)c1ccccc1CO/N=C/c1cccc(O/C(F)=C/c2ccccc2)c1. The van der Waals surface area contributed by atoms with Crippen LogP contribution in [-0.4, -0.2) is 26.4 Å². The highest BCUT2D eigenvalue weighted by molar-refractivity contribution is 6.16. The van der Waals surface area contributed by atoms with Crippen LogP contribution < -0.4 is 4.74 Å². The van der Waals surface area contributed by atoms with E-state index in [4.69, 9.17) is 19.0 Å². The maximum Gasteiger partial charge on any atom is 0.341 e. The van der Waals surface area contributed by atoms with Gasteiger partial charge in [-0.05, 0) is 28.8 Å².